The maximum absolute atomic E-state index is 10.1. The number of hydrogen-bond donors (Lipinski definition) is 1. The Kier molecular flexibility index (Phi) is 3.61. The first-order chi connectivity index (χ1) is 7.68. The molecule has 4 heteroatoms. The largest absolute Gasteiger partial charge is 0.393 e. The Balaban J connectivity index is 1.84. The SMILES string of the molecule is CC1OCCC1C(O)CCc1ccnn1C. The van der Waals surface area contributed by atoms with Crippen molar-refractivity contribution < 1.29 is 9.84 Å². The van der Waals surface area contributed by atoms with Crippen LogP contribution in [0.1, 0.15) is 25.5 Å². The summed E-state index contributed by atoms with van der Waals surface area (Å²) in [6, 6.07) is 2.00. The van der Waals surface area contributed by atoms with Gasteiger partial charge in [0, 0.05) is 31.5 Å². The average molecular weight is 224 g/mol. The van der Waals surface area contributed by atoms with E-state index in [-0.39, 0.29) is 12.2 Å². The smallest absolute Gasteiger partial charge is 0.0600 e. The zero-order valence-corrected chi connectivity index (χ0v) is 9.97. The van der Waals surface area contributed by atoms with Crippen LogP contribution >= 0.6 is 0 Å². The van der Waals surface area contributed by atoms with Gasteiger partial charge in [0.2, 0.25) is 0 Å². The number of hydrogen-bond acceptors (Lipinski definition) is 3. The van der Waals surface area contributed by atoms with Crippen LogP contribution in [-0.4, -0.2) is 33.7 Å². The van der Waals surface area contributed by atoms with Crippen LogP contribution in [0.15, 0.2) is 12.3 Å². The van der Waals surface area contributed by atoms with Gasteiger partial charge in [0.05, 0.1) is 12.2 Å². The summed E-state index contributed by atoms with van der Waals surface area (Å²) >= 11 is 0. The summed E-state index contributed by atoms with van der Waals surface area (Å²) in [5.74, 6) is 0.299. The van der Waals surface area contributed by atoms with Crippen LogP contribution in [0.4, 0.5) is 0 Å². The molecule has 90 valence electrons. The van der Waals surface area contributed by atoms with Gasteiger partial charge in [0.15, 0.2) is 0 Å². The molecule has 2 heterocycles. The third-order valence-electron chi connectivity index (χ3n) is 3.55. The number of aliphatic hydroxyl groups excluding tert-OH is 1. The molecule has 0 bridgehead atoms. The Bertz CT molecular complexity index is 338. The van der Waals surface area contributed by atoms with Gasteiger partial charge in [0.1, 0.15) is 0 Å². The molecule has 0 saturated carbocycles. The molecule has 1 fully saturated rings. The fourth-order valence-corrected chi connectivity index (χ4v) is 2.41. The lowest BCUT2D eigenvalue weighted by atomic mass is 9.92. The van der Waals surface area contributed by atoms with Crippen molar-refractivity contribution in [3.05, 3.63) is 18.0 Å². The van der Waals surface area contributed by atoms with E-state index in [1.165, 1.54) is 5.69 Å². The Morgan fingerprint density at radius 2 is 2.50 bits per heavy atom. The second-order valence-corrected chi connectivity index (χ2v) is 4.58. The molecule has 1 aromatic heterocycles. The lowest BCUT2D eigenvalue weighted by molar-refractivity contribution is 0.0396. The molecular weight excluding hydrogens is 204 g/mol. The molecule has 1 aliphatic heterocycles. The van der Waals surface area contributed by atoms with Crippen LogP contribution in [0.2, 0.25) is 0 Å². The molecule has 1 aliphatic rings. The van der Waals surface area contributed by atoms with E-state index >= 15 is 0 Å². The highest BCUT2D eigenvalue weighted by Crippen LogP contribution is 2.26. The molecule has 16 heavy (non-hydrogen) atoms. The molecule has 3 unspecified atom stereocenters. The summed E-state index contributed by atoms with van der Waals surface area (Å²) in [5, 5.41) is 14.2. The predicted octanol–water partition coefficient (Wildman–Crippen LogP) is 1.14. The molecule has 4 nitrogen and oxygen atoms in total. The topological polar surface area (TPSA) is 47.3 Å². The normalized spacial score (nSPS) is 27.2. The van der Waals surface area contributed by atoms with Crippen molar-refractivity contribution >= 4 is 0 Å². The van der Waals surface area contributed by atoms with Gasteiger partial charge in [-0.2, -0.15) is 5.10 Å². The van der Waals surface area contributed by atoms with Crippen molar-refractivity contribution in [3.8, 4) is 0 Å². The minimum absolute atomic E-state index is 0.196. The van der Waals surface area contributed by atoms with E-state index in [9.17, 15) is 5.11 Å². The second-order valence-electron chi connectivity index (χ2n) is 4.58. The Labute approximate surface area is 96.2 Å². The average Bonchev–Trinajstić information content (AvgIpc) is 2.84. The van der Waals surface area contributed by atoms with Crippen molar-refractivity contribution in [3.63, 3.8) is 0 Å². The van der Waals surface area contributed by atoms with Gasteiger partial charge in [-0.05, 0) is 32.3 Å². The number of aryl methyl sites for hydroxylation is 2. The molecule has 1 saturated heterocycles. The zero-order chi connectivity index (χ0) is 11.5. The molecule has 1 N–H and O–H groups in total. The van der Waals surface area contributed by atoms with E-state index in [0.29, 0.717) is 5.92 Å². The number of rotatable bonds is 4. The number of ether oxygens (including phenoxy) is 1. The minimum Gasteiger partial charge on any atom is -0.393 e. The Hall–Kier alpha value is -0.870. The number of aliphatic hydroxyl groups is 1. The van der Waals surface area contributed by atoms with Crippen molar-refractivity contribution in [1.29, 1.82) is 0 Å². The third-order valence-corrected chi connectivity index (χ3v) is 3.55. The van der Waals surface area contributed by atoms with Crippen molar-refractivity contribution in [2.45, 2.75) is 38.4 Å². The highest BCUT2D eigenvalue weighted by molar-refractivity contribution is 5.00. The maximum atomic E-state index is 10.1. The van der Waals surface area contributed by atoms with E-state index < -0.39 is 0 Å². The van der Waals surface area contributed by atoms with Gasteiger partial charge in [-0.15, -0.1) is 0 Å². The lowest BCUT2D eigenvalue weighted by Crippen LogP contribution is -2.26. The minimum atomic E-state index is -0.257. The van der Waals surface area contributed by atoms with E-state index in [1.807, 2.05) is 24.7 Å². The quantitative estimate of drug-likeness (QED) is 0.834. The number of nitrogens with zero attached hydrogens (tertiary/aromatic N) is 2. The molecule has 0 radical (unpaired) electrons. The summed E-state index contributed by atoms with van der Waals surface area (Å²) in [7, 11) is 1.93. The van der Waals surface area contributed by atoms with Gasteiger partial charge in [0.25, 0.3) is 0 Å². The van der Waals surface area contributed by atoms with Crippen molar-refractivity contribution in [1.82, 2.24) is 9.78 Å². The van der Waals surface area contributed by atoms with Crippen LogP contribution in [-0.2, 0) is 18.2 Å². The molecule has 0 aromatic carbocycles. The zero-order valence-electron chi connectivity index (χ0n) is 9.97. The third kappa shape index (κ3) is 2.44. The van der Waals surface area contributed by atoms with Crippen molar-refractivity contribution in [2.75, 3.05) is 6.61 Å². The first-order valence-corrected chi connectivity index (χ1v) is 5.95. The van der Waals surface area contributed by atoms with Gasteiger partial charge < -0.3 is 9.84 Å². The van der Waals surface area contributed by atoms with Crippen LogP contribution in [0.25, 0.3) is 0 Å². The van der Waals surface area contributed by atoms with Gasteiger partial charge in [-0.3, -0.25) is 4.68 Å². The van der Waals surface area contributed by atoms with E-state index in [0.717, 1.165) is 25.9 Å². The van der Waals surface area contributed by atoms with E-state index in [2.05, 4.69) is 5.10 Å². The molecule has 0 spiro atoms. The van der Waals surface area contributed by atoms with Crippen LogP contribution in [0.3, 0.4) is 0 Å². The first-order valence-electron chi connectivity index (χ1n) is 5.95. The maximum Gasteiger partial charge on any atom is 0.0600 e. The summed E-state index contributed by atoms with van der Waals surface area (Å²) in [4.78, 5) is 0. The molecule has 2 rings (SSSR count). The van der Waals surface area contributed by atoms with Crippen molar-refractivity contribution in [2.24, 2.45) is 13.0 Å². The van der Waals surface area contributed by atoms with Crippen LogP contribution in [0.5, 0.6) is 0 Å². The fraction of sp³-hybridized carbons (Fsp3) is 0.750. The summed E-state index contributed by atoms with van der Waals surface area (Å²) < 4.78 is 7.33. The van der Waals surface area contributed by atoms with Crippen LogP contribution < -0.4 is 0 Å². The molecule has 0 amide bonds. The van der Waals surface area contributed by atoms with E-state index in [1.54, 1.807) is 6.20 Å². The molecule has 3 atom stereocenters. The Morgan fingerprint density at radius 3 is 3.06 bits per heavy atom. The standard InChI is InChI=1S/C12H20N2O2/c1-9-11(6-8-16-9)12(15)4-3-10-5-7-13-14(10)2/h5,7,9,11-12,15H,3-4,6,8H2,1-2H3. The predicted molar refractivity (Wildman–Crippen MR) is 61.1 cm³/mol. The second kappa shape index (κ2) is 4.97. The van der Waals surface area contributed by atoms with Gasteiger partial charge in [-0.1, -0.05) is 0 Å². The van der Waals surface area contributed by atoms with E-state index in [4.69, 9.17) is 4.74 Å². The summed E-state index contributed by atoms with van der Waals surface area (Å²) in [5.41, 5.74) is 1.17. The fourth-order valence-electron chi connectivity index (χ4n) is 2.41. The lowest BCUT2D eigenvalue weighted by Gasteiger charge is -2.20. The highest BCUT2D eigenvalue weighted by Gasteiger charge is 2.30. The highest BCUT2D eigenvalue weighted by atomic mass is 16.5. The number of aromatic nitrogens is 2. The summed E-state index contributed by atoms with van der Waals surface area (Å²) in [6.07, 6.45) is 4.38. The molecule has 1 aromatic rings. The van der Waals surface area contributed by atoms with Crippen LogP contribution in [0, 0.1) is 5.92 Å². The monoisotopic (exact) mass is 224 g/mol. The molecule has 0 aliphatic carbocycles. The summed E-state index contributed by atoms with van der Waals surface area (Å²) in [6.45, 7) is 2.83. The van der Waals surface area contributed by atoms with Gasteiger partial charge in [-0.25, -0.2) is 0 Å². The van der Waals surface area contributed by atoms with Gasteiger partial charge >= 0.3 is 0 Å². The Morgan fingerprint density at radius 1 is 1.69 bits per heavy atom. The molecular formula is C12H20N2O2. The first kappa shape index (κ1) is 11.6.